The number of hydrogen-bond donors (Lipinski definition) is 0. The zero-order chi connectivity index (χ0) is 13.6. The zero-order valence-electron chi connectivity index (χ0n) is 11.5. The molecule has 4 aliphatic rings. The van der Waals surface area contributed by atoms with Crippen molar-refractivity contribution in [1.82, 2.24) is 0 Å². The first kappa shape index (κ1) is 12.4. The molecule has 0 amide bonds. The summed E-state index contributed by atoms with van der Waals surface area (Å²) in [5.41, 5.74) is 0.846. The molecule has 5 nitrogen and oxygen atoms in total. The molecule has 20 heavy (non-hydrogen) atoms. The van der Waals surface area contributed by atoms with Gasteiger partial charge in [0.2, 0.25) is 6.79 Å². The molecule has 2 bridgehead atoms. The largest absolute Gasteiger partial charge is 0.454 e. The van der Waals surface area contributed by atoms with Gasteiger partial charge in [0.25, 0.3) is 0 Å². The third-order valence-electron chi connectivity index (χ3n) is 4.21. The molecule has 5 rings (SSSR count). The lowest BCUT2D eigenvalue weighted by Crippen LogP contribution is -2.58. The summed E-state index contributed by atoms with van der Waals surface area (Å²) in [5.74, 6) is 0.386. The van der Waals surface area contributed by atoms with E-state index in [0.717, 1.165) is 24.2 Å². The summed E-state index contributed by atoms with van der Waals surface area (Å²) >= 11 is 0. The fraction of sp³-hybridized carbons (Fsp3) is 0.600. The summed E-state index contributed by atoms with van der Waals surface area (Å²) in [6.45, 7) is 4.46. The van der Waals surface area contributed by atoms with Gasteiger partial charge in [-0.15, -0.1) is 0 Å². The Labute approximate surface area is 117 Å². The Morgan fingerprint density at radius 2 is 1.70 bits per heavy atom. The Morgan fingerprint density at radius 3 is 2.40 bits per heavy atom. The summed E-state index contributed by atoms with van der Waals surface area (Å²) in [6.07, 6.45) is 2.16. The van der Waals surface area contributed by atoms with Gasteiger partial charge in [-0.3, -0.25) is 0 Å². The van der Waals surface area contributed by atoms with Crippen LogP contribution in [-0.4, -0.2) is 26.6 Å². The van der Waals surface area contributed by atoms with E-state index >= 15 is 0 Å². The molecule has 0 N–H and O–H groups in total. The van der Waals surface area contributed by atoms with Crippen molar-refractivity contribution in [2.24, 2.45) is 5.41 Å². The van der Waals surface area contributed by atoms with E-state index in [1.165, 1.54) is 0 Å². The van der Waals surface area contributed by atoms with Crippen molar-refractivity contribution in [2.75, 3.05) is 26.6 Å². The first-order valence-corrected chi connectivity index (χ1v) is 7.07. The molecule has 1 aromatic carbocycles. The molecule has 1 aromatic rings. The van der Waals surface area contributed by atoms with Gasteiger partial charge in [-0.1, -0.05) is 13.3 Å². The van der Waals surface area contributed by atoms with Crippen LogP contribution in [0.15, 0.2) is 18.2 Å². The summed E-state index contributed by atoms with van der Waals surface area (Å²) in [5, 5.41) is 0. The molecule has 3 fully saturated rings. The molecule has 0 radical (unpaired) electrons. The molecule has 0 spiro atoms. The molecule has 0 atom stereocenters. The second kappa shape index (κ2) is 4.35. The quantitative estimate of drug-likeness (QED) is 0.849. The fourth-order valence-electron chi connectivity index (χ4n) is 3.08. The average molecular weight is 278 g/mol. The summed E-state index contributed by atoms with van der Waals surface area (Å²) in [7, 11) is 0. The minimum absolute atomic E-state index is 0.0207. The maximum absolute atomic E-state index is 5.93. The normalized spacial score (nSPS) is 34.5. The number of rotatable bonds is 3. The highest BCUT2D eigenvalue weighted by molar-refractivity contribution is 5.45. The third kappa shape index (κ3) is 1.74. The summed E-state index contributed by atoms with van der Waals surface area (Å²) < 4.78 is 28.5. The number of benzene rings is 1. The predicted octanol–water partition coefficient (Wildman–Crippen LogP) is 2.39. The Morgan fingerprint density at radius 1 is 1.00 bits per heavy atom. The van der Waals surface area contributed by atoms with Crippen LogP contribution in [0.2, 0.25) is 0 Å². The van der Waals surface area contributed by atoms with Crippen LogP contribution in [0.1, 0.15) is 25.3 Å². The Bertz CT molecular complexity index is 502. The topological polar surface area (TPSA) is 46.2 Å². The molecule has 4 aliphatic heterocycles. The average Bonchev–Trinajstić information content (AvgIpc) is 2.97. The first-order chi connectivity index (χ1) is 9.75. The molecule has 0 aromatic heterocycles. The minimum atomic E-state index is -1.07. The zero-order valence-corrected chi connectivity index (χ0v) is 11.5. The van der Waals surface area contributed by atoms with E-state index in [-0.39, 0.29) is 12.2 Å². The van der Waals surface area contributed by atoms with Crippen LogP contribution in [0, 0.1) is 5.41 Å². The fourth-order valence-corrected chi connectivity index (χ4v) is 3.08. The van der Waals surface area contributed by atoms with Crippen molar-refractivity contribution in [1.29, 1.82) is 0 Å². The number of hydrogen-bond acceptors (Lipinski definition) is 5. The summed E-state index contributed by atoms with van der Waals surface area (Å²) in [6, 6.07) is 5.65. The van der Waals surface area contributed by atoms with Crippen molar-refractivity contribution in [3.05, 3.63) is 23.8 Å². The van der Waals surface area contributed by atoms with Gasteiger partial charge in [0.15, 0.2) is 11.5 Å². The maximum atomic E-state index is 5.93. The van der Waals surface area contributed by atoms with Crippen LogP contribution in [0.25, 0.3) is 0 Å². The van der Waals surface area contributed by atoms with Crippen LogP contribution >= 0.6 is 0 Å². The van der Waals surface area contributed by atoms with Crippen LogP contribution in [0.5, 0.6) is 11.5 Å². The minimum Gasteiger partial charge on any atom is -0.454 e. The van der Waals surface area contributed by atoms with Crippen molar-refractivity contribution in [3.63, 3.8) is 0 Å². The highest BCUT2D eigenvalue weighted by Crippen LogP contribution is 2.47. The molecule has 5 heteroatoms. The first-order valence-electron chi connectivity index (χ1n) is 7.07. The van der Waals surface area contributed by atoms with Crippen LogP contribution in [0.3, 0.4) is 0 Å². The maximum Gasteiger partial charge on any atom is 0.312 e. The van der Waals surface area contributed by atoms with Crippen molar-refractivity contribution >= 4 is 0 Å². The van der Waals surface area contributed by atoms with Crippen LogP contribution in [0.4, 0.5) is 0 Å². The number of ether oxygens (including phenoxy) is 5. The van der Waals surface area contributed by atoms with Gasteiger partial charge in [-0.05, 0) is 24.6 Å². The van der Waals surface area contributed by atoms with E-state index in [9.17, 15) is 0 Å². The molecule has 4 heterocycles. The Balaban J connectivity index is 1.61. The number of fused-ring (bicyclic) bond motifs is 4. The SMILES string of the molecule is CCCC12COC(c3ccc4c(c3)OCO4)(OC1)OC2. The molecule has 0 unspecified atom stereocenters. The van der Waals surface area contributed by atoms with Crippen LogP contribution in [-0.2, 0) is 20.2 Å². The predicted molar refractivity (Wildman–Crippen MR) is 69.4 cm³/mol. The highest BCUT2D eigenvalue weighted by atomic mass is 16.9. The van der Waals surface area contributed by atoms with E-state index in [2.05, 4.69) is 6.92 Å². The second-order valence-corrected chi connectivity index (χ2v) is 5.74. The third-order valence-corrected chi connectivity index (χ3v) is 4.21. The van der Waals surface area contributed by atoms with Crippen molar-refractivity contribution < 1.29 is 23.7 Å². The molecule has 0 aliphatic carbocycles. The molecule has 3 saturated heterocycles. The molecule has 108 valence electrons. The lowest BCUT2D eigenvalue weighted by atomic mass is 9.83. The lowest BCUT2D eigenvalue weighted by molar-refractivity contribution is -0.480. The summed E-state index contributed by atoms with van der Waals surface area (Å²) in [4.78, 5) is 0. The van der Waals surface area contributed by atoms with Gasteiger partial charge in [-0.25, -0.2) is 0 Å². The van der Waals surface area contributed by atoms with Gasteiger partial charge in [0, 0.05) is 11.0 Å². The monoisotopic (exact) mass is 278 g/mol. The van der Waals surface area contributed by atoms with Crippen LogP contribution < -0.4 is 9.47 Å². The van der Waals surface area contributed by atoms with Gasteiger partial charge < -0.3 is 23.7 Å². The highest BCUT2D eigenvalue weighted by Gasteiger charge is 2.53. The van der Waals surface area contributed by atoms with Crippen molar-refractivity contribution in [3.8, 4) is 11.5 Å². The van der Waals surface area contributed by atoms with Gasteiger partial charge in [0.1, 0.15) is 0 Å². The van der Waals surface area contributed by atoms with Gasteiger partial charge in [-0.2, -0.15) is 0 Å². The smallest absolute Gasteiger partial charge is 0.312 e. The lowest BCUT2D eigenvalue weighted by Gasteiger charge is -2.51. The second-order valence-electron chi connectivity index (χ2n) is 5.74. The Hall–Kier alpha value is -1.30. The standard InChI is InChI=1S/C15H18O5/c1-2-5-14-7-18-15(19-8-14,20-9-14)11-3-4-12-13(6-11)17-10-16-12/h3-4,6H,2,5,7-10H2,1H3. The van der Waals surface area contributed by atoms with E-state index < -0.39 is 5.97 Å². The molecular weight excluding hydrogens is 260 g/mol. The molecular formula is C15H18O5. The van der Waals surface area contributed by atoms with E-state index in [1.54, 1.807) is 0 Å². The van der Waals surface area contributed by atoms with Crippen molar-refractivity contribution in [2.45, 2.75) is 25.7 Å². The van der Waals surface area contributed by atoms with E-state index in [1.807, 2.05) is 18.2 Å². The Kier molecular flexibility index (Phi) is 2.70. The van der Waals surface area contributed by atoms with E-state index in [4.69, 9.17) is 23.7 Å². The molecule has 0 saturated carbocycles. The van der Waals surface area contributed by atoms with Gasteiger partial charge in [0.05, 0.1) is 19.8 Å². The van der Waals surface area contributed by atoms with Gasteiger partial charge >= 0.3 is 5.97 Å². The van der Waals surface area contributed by atoms with E-state index in [0.29, 0.717) is 25.6 Å².